The van der Waals surface area contributed by atoms with E-state index in [1.54, 1.807) is 0 Å². The van der Waals surface area contributed by atoms with E-state index in [1.807, 2.05) is 48.7 Å². The molecule has 8 aromatic rings. The Balaban J connectivity index is 1.05. The molecule has 1 aliphatic heterocycles. The molecule has 1 aliphatic rings. The monoisotopic (exact) mass is 552 g/mol. The molecular formula is C39H24N2O2. The number of hydrogen-bond acceptors (Lipinski definition) is 3. The molecule has 2 aromatic heterocycles. The smallest absolute Gasteiger partial charge is 0.170 e. The van der Waals surface area contributed by atoms with Gasteiger partial charge in [-0.2, -0.15) is 0 Å². The number of hydrogen-bond donors (Lipinski definition) is 0. The van der Waals surface area contributed by atoms with Crippen LogP contribution in [0.4, 0.5) is 0 Å². The van der Waals surface area contributed by atoms with Crippen LogP contribution in [0.1, 0.15) is 0 Å². The van der Waals surface area contributed by atoms with Gasteiger partial charge in [0.15, 0.2) is 23.0 Å². The minimum absolute atomic E-state index is 0.686. The molecule has 4 heteroatoms. The first-order valence-electron chi connectivity index (χ1n) is 14.4. The van der Waals surface area contributed by atoms with Crippen LogP contribution in [0.2, 0.25) is 0 Å². The van der Waals surface area contributed by atoms with Crippen molar-refractivity contribution in [2.75, 3.05) is 0 Å². The van der Waals surface area contributed by atoms with Crippen LogP contribution >= 0.6 is 0 Å². The Morgan fingerprint density at radius 2 is 1.09 bits per heavy atom. The van der Waals surface area contributed by atoms with Gasteiger partial charge in [0.2, 0.25) is 0 Å². The molecule has 0 fully saturated rings. The predicted octanol–water partition coefficient (Wildman–Crippen LogP) is 10.6. The molecule has 4 nitrogen and oxygen atoms in total. The Morgan fingerprint density at radius 1 is 0.442 bits per heavy atom. The summed E-state index contributed by atoms with van der Waals surface area (Å²) in [6.07, 6.45) is 1.95. The third kappa shape index (κ3) is 3.88. The van der Waals surface area contributed by atoms with Gasteiger partial charge in [-0.05, 0) is 83.1 Å². The Kier molecular flexibility index (Phi) is 5.16. The molecule has 0 radical (unpaired) electrons. The van der Waals surface area contributed by atoms with Crippen LogP contribution in [0.15, 0.2) is 146 Å². The van der Waals surface area contributed by atoms with E-state index in [2.05, 4.69) is 102 Å². The lowest BCUT2D eigenvalue weighted by Crippen LogP contribution is -1.99. The van der Waals surface area contributed by atoms with Gasteiger partial charge in [-0.25, -0.2) is 0 Å². The fraction of sp³-hybridized carbons (Fsp3) is 0. The van der Waals surface area contributed by atoms with Crippen molar-refractivity contribution in [3.05, 3.63) is 146 Å². The highest BCUT2D eigenvalue weighted by Gasteiger charge is 2.20. The molecule has 0 amide bonds. The molecule has 9 rings (SSSR count). The number of pyridine rings is 1. The van der Waals surface area contributed by atoms with Crippen LogP contribution in [0, 0.1) is 0 Å². The Morgan fingerprint density at radius 3 is 1.88 bits per heavy atom. The van der Waals surface area contributed by atoms with Crippen LogP contribution in [-0.4, -0.2) is 9.55 Å². The standard InChI is InChI=1S/C39H24N2O2/c1-2-10-30(11-3-1)41-34-13-7-6-12-31(34)32-20-27(15-18-35(32)41)29-14-17-33(40-24-29)28-16-19-36-37(23-28)43-39-22-26-9-5-4-8-25(26)21-38(39)42-36/h1-24H. The lowest BCUT2D eigenvalue weighted by molar-refractivity contribution is 0.360. The summed E-state index contributed by atoms with van der Waals surface area (Å²) in [6.45, 7) is 0. The molecule has 6 aromatic carbocycles. The second-order valence-electron chi connectivity index (χ2n) is 10.9. The zero-order valence-electron chi connectivity index (χ0n) is 23.1. The summed E-state index contributed by atoms with van der Waals surface area (Å²) in [5.41, 5.74) is 7.59. The number of para-hydroxylation sites is 2. The molecule has 43 heavy (non-hydrogen) atoms. The van der Waals surface area contributed by atoms with Crippen LogP contribution < -0.4 is 9.47 Å². The Hall–Kier alpha value is -5.87. The van der Waals surface area contributed by atoms with Crippen LogP contribution in [0.5, 0.6) is 23.0 Å². The Labute approximate surface area is 248 Å². The average molecular weight is 553 g/mol. The van der Waals surface area contributed by atoms with Crippen molar-refractivity contribution in [2.45, 2.75) is 0 Å². The van der Waals surface area contributed by atoms with Gasteiger partial charge in [0.1, 0.15) is 0 Å². The molecular weight excluding hydrogens is 528 g/mol. The summed E-state index contributed by atoms with van der Waals surface area (Å²) in [5.74, 6) is 2.83. The molecule has 0 aliphatic carbocycles. The van der Waals surface area contributed by atoms with E-state index >= 15 is 0 Å². The molecule has 0 spiro atoms. The summed E-state index contributed by atoms with van der Waals surface area (Å²) in [6, 6.07) is 48.3. The Bertz CT molecular complexity index is 2340. The molecule has 202 valence electrons. The number of rotatable bonds is 3. The molecule has 0 unspecified atom stereocenters. The maximum Gasteiger partial charge on any atom is 0.170 e. The lowest BCUT2D eigenvalue weighted by Gasteiger charge is -2.21. The first-order chi connectivity index (χ1) is 21.3. The SMILES string of the molecule is c1ccc(-n2c3ccccc3c3cc(-c4ccc(-c5ccc6c(c5)Oc5cc7ccccc7cc5O6)nc4)ccc32)cc1. The summed E-state index contributed by atoms with van der Waals surface area (Å²) in [4.78, 5) is 4.85. The van der Waals surface area contributed by atoms with E-state index in [1.165, 1.54) is 21.8 Å². The summed E-state index contributed by atoms with van der Waals surface area (Å²) in [5, 5.41) is 4.69. The van der Waals surface area contributed by atoms with E-state index in [0.717, 1.165) is 50.3 Å². The van der Waals surface area contributed by atoms with E-state index in [-0.39, 0.29) is 0 Å². The molecule has 3 heterocycles. The first-order valence-corrected chi connectivity index (χ1v) is 14.4. The van der Waals surface area contributed by atoms with Gasteiger partial charge in [0.05, 0.1) is 16.7 Å². The molecule has 0 bridgehead atoms. The van der Waals surface area contributed by atoms with Gasteiger partial charge in [0.25, 0.3) is 0 Å². The number of ether oxygens (including phenoxy) is 2. The van der Waals surface area contributed by atoms with Gasteiger partial charge in [-0.15, -0.1) is 0 Å². The third-order valence-corrected chi connectivity index (χ3v) is 8.28. The summed E-state index contributed by atoms with van der Waals surface area (Å²) >= 11 is 0. The van der Waals surface area contributed by atoms with Gasteiger partial charge >= 0.3 is 0 Å². The van der Waals surface area contributed by atoms with Gasteiger partial charge in [-0.3, -0.25) is 4.98 Å². The second kappa shape index (κ2) is 9.33. The third-order valence-electron chi connectivity index (χ3n) is 8.28. The van der Waals surface area contributed by atoms with Crippen molar-refractivity contribution < 1.29 is 9.47 Å². The van der Waals surface area contributed by atoms with E-state index in [0.29, 0.717) is 11.5 Å². The quantitative estimate of drug-likeness (QED) is 0.219. The van der Waals surface area contributed by atoms with Gasteiger partial charge in [-0.1, -0.05) is 72.8 Å². The summed E-state index contributed by atoms with van der Waals surface area (Å²) < 4.78 is 14.8. The molecule has 0 atom stereocenters. The van der Waals surface area contributed by atoms with Crippen molar-refractivity contribution in [2.24, 2.45) is 0 Å². The number of nitrogens with zero attached hydrogens (tertiary/aromatic N) is 2. The summed E-state index contributed by atoms with van der Waals surface area (Å²) in [7, 11) is 0. The molecule has 0 saturated heterocycles. The van der Waals surface area contributed by atoms with Crippen molar-refractivity contribution in [1.82, 2.24) is 9.55 Å². The highest BCUT2D eigenvalue weighted by atomic mass is 16.6. The van der Waals surface area contributed by atoms with Crippen molar-refractivity contribution in [3.8, 4) is 51.1 Å². The maximum atomic E-state index is 6.30. The largest absolute Gasteiger partial charge is 0.449 e. The minimum atomic E-state index is 0.686. The maximum absolute atomic E-state index is 6.30. The first kappa shape index (κ1) is 23.8. The lowest BCUT2D eigenvalue weighted by atomic mass is 10.0. The zero-order valence-corrected chi connectivity index (χ0v) is 23.1. The van der Waals surface area contributed by atoms with E-state index in [9.17, 15) is 0 Å². The van der Waals surface area contributed by atoms with E-state index in [4.69, 9.17) is 14.5 Å². The highest BCUT2D eigenvalue weighted by Crippen LogP contribution is 2.48. The zero-order chi connectivity index (χ0) is 28.3. The van der Waals surface area contributed by atoms with Crippen molar-refractivity contribution in [1.29, 1.82) is 0 Å². The number of aromatic nitrogens is 2. The number of fused-ring (bicyclic) bond motifs is 6. The van der Waals surface area contributed by atoms with Crippen LogP contribution in [-0.2, 0) is 0 Å². The van der Waals surface area contributed by atoms with Crippen LogP contribution in [0.25, 0.3) is 60.6 Å². The normalized spacial score (nSPS) is 12.1. The highest BCUT2D eigenvalue weighted by molar-refractivity contribution is 6.10. The fourth-order valence-electron chi connectivity index (χ4n) is 6.17. The van der Waals surface area contributed by atoms with Crippen molar-refractivity contribution in [3.63, 3.8) is 0 Å². The van der Waals surface area contributed by atoms with E-state index < -0.39 is 0 Å². The molecule has 0 N–H and O–H groups in total. The predicted molar refractivity (Wildman–Crippen MR) is 174 cm³/mol. The van der Waals surface area contributed by atoms with Crippen LogP contribution in [0.3, 0.4) is 0 Å². The van der Waals surface area contributed by atoms with Gasteiger partial charge < -0.3 is 14.0 Å². The minimum Gasteiger partial charge on any atom is -0.449 e. The fourth-order valence-corrected chi connectivity index (χ4v) is 6.17. The second-order valence-corrected chi connectivity index (χ2v) is 10.9. The average Bonchev–Trinajstić information content (AvgIpc) is 3.40. The topological polar surface area (TPSA) is 36.3 Å². The van der Waals surface area contributed by atoms with Crippen molar-refractivity contribution >= 4 is 32.6 Å². The van der Waals surface area contributed by atoms with Gasteiger partial charge in [0, 0.05) is 33.8 Å². The number of benzene rings is 6. The molecule has 0 saturated carbocycles.